The Labute approximate surface area is 209 Å². The molecule has 0 aromatic carbocycles. The highest BCUT2D eigenvalue weighted by Crippen LogP contribution is 2.74. The van der Waals surface area contributed by atoms with Gasteiger partial charge in [-0.1, -0.05) is 19.9 Å². The Morgan fingerprint density at radius 3 is 2.61 bits per heavy atom. The number of hydrogen-bond donors (Lipinski definition) is 1. The fraction of sp³-hybridized carbons (Fsp3) is 0.667. The number of aliphatic hydroxyl groups excluding tert-OH is 1. The van der Waals surface area contributed by atoms with Crippen molar-refractivity contribution in [3.05, 3.63) is 36.3 Å². The average molecular weight is 501 g/mol. The standard InChI is InChI=1S/C27H32O9/c1-24(2)14-10-15-25(3)19(27(14,12-34-24)8-6-16(28)32-5)17(29)21(30)26(4)20(25)18(35-15)23(31)36-22(26)13-7-9-33-11-13/h6-9,11,14-15,18-22,30H,10,12H2,1-5H3. The van der Waals surface area contributed by atoms with Gasteiger partial charge in [-0.15, -0.1) is 0 Å². The van der Waals surface area contributed by atoms with Crippen LogP contribution in [0.4, 0.5) is 0 Å². The Bertz CT molecular complexity index is 1150. The van der Waals surface area contributed by atoms with Crippen LogP contribution in [0.5, 0.6) is 0 Å². The largest absolute Gasteiger partial charge is 0.472 e. The van der Waals surface area contributed by atoms with Crippen molar-refractivity contribution in [2.75, 3.05) is 13.7 Å². The minimum atomic E-state index is -1.44. The summed E-state index contributed by atoms with van der Waals surface area (Å²) in [5.74, 6) is -2.84. The van der Waals surface area contributed by atoms with Gasteiger partial charge in [0, 0.05) is 45.6 Å². The Morgan fingerprint density at radius 1 is 1.19 bits per heavy atom. The molecular formula is C27H32O9. The average Bonchev–Trinajstić information content (AvgIpc) is 3.53. The van der Waals surface area contributed by atoms with E-state index >= 15 is 0 Å². The molecule has 194 valence electrons. The molecule has 0 bridgehead atoms. The number of cyclic esters (lactones) is 1. The van der Waals surface area contributed by atoms with Crippen molar-refractivity contribution in [2.45, 2.75) is 64.1 Å². The summed E-state index contributed by atoms with van der Waals surface area (Å²) < 4.78 is 28.7. The van der Waals surface area contributed by atoms with Gasteiger partial charge in [-0.2, -0.15) is 0 Å². The van der Waals surface area contributed by atoms with Crippen LogP contribution in [0.1, 0.15) is 45.8 Å². The number of methoxy groups -OCH3 is 1. The van der Waals surface area contributed by atoms with E-state index in [2.05, 4.69) is 0 Å². The number of carbonyl (C=O) groups is 3. The molecule has 1 aromatic rings. The number of rotatable bonds is 3. The van der Waals surface area contributed by atoms with Gasteiger partial charge in [-0.05, 0) is 26.3 Å². The van der Waals surface area contributed by atoms with Crippen LogP contribution in [0, 0.1) is 34.0 Å². The molecule has 10 unspecified atom stereocenters. The van der Waals surface area contributed by atoms with Crippen molar-refractivity contribution < 1.29 is 42.9 Å². The molecule has 1 N–H and O–H groups in total. The topological polar surface area (TPSA) is 122 Å². The third kappa shape index (κ3) is 2.63. The molecule has 5 aliphatic rings. The van der Waals surface area contributed by atoms with E-state index in [0.717, 1.165) is 0 Å². The fourth-order valence-electron chi connectivity index (χ4n) is 8.76. The number of hydrogen-bond acceptors (Lipinski definition) is 9. The molecule has 36 heavy (non-hydrogen) atoms. The molecule has 1 aromatic heterocycles. The van der Waals surface area contributed by atoms with Gasteiger partial charge in [0.1, 0.15) is 12.2 Å². The molecule has 5 fully saturated rings. The highest BCUT2D eigenvalue weighted by Gasteiger charge is 2.81. The first kappa shape index (κ1) is 23.9. The van der Waals surface area contributed by atoms with E-state index in [1.807, 2.05) is 27.7 Å². The second-order valence-electron chi connectivity index (χ2n) is 12.0. The molecule has 0 spiro atoms. The minimum absolute atomic E-state index is 0.199. The van der Waals surface area contributed by atoms with Gasteiger partial charge in [0.2, 0.25) is 0 Å². The maximum atomic E-state index is 14.4. The molecule has 6 rings (SSSR count). The molecule has 2 aliphatic carbocycles. The first-order valence-electron chi connectivity index (χ1n) is 12.4. The third-order valence-corrected chi connectivity index (χ3v) is 10.2. The van der Waals surface area contributed by atoms with Crippen molar-refractivity contribution in [2.24, 2.45) is 34.0 Å². The number of furan rings is 1. The van der Waals surface area contributed by atoms with Crippen molar-refractivity contribution in [1.29, 1.82) is 0 Å². The summed E-state index contributed by atoms with van der Waals surface area (Å²) >= 11 is 0. The normalized spacial score (nSPS) is 48.4. The zero-order chi connectivity index (χ0) is 25.8. The van der Waals surface area contributed by atoms with Crippen molar-refractivity contribution in [3.63, 3.8) is 0 Å². The molecule has 0 amide bonds. The second-order valence-corrected chi connectivity index (χ2v) is 12.0. The molecule has 3 saturated heterocycles. The van der Waals surface area contributed by atoms with Gasteiger partial charge in [0.15, 0.2) is 11.9 Å². The van der Waals surface area contributed by atoms with Crippen molar-refractivity contribution in [1.82, 2.24) is 0 Å². The molecular weight excluding hydrogens is 468 g/mol. The lowest BCUT2D eigenvalue weighted by molar-refractivity contribution is -0.233. The monoisotopic (exact) mass is 500 g/mol. The van der Waals surface area contributed by atoms with Crippen LogP contribution in [0.2, 0.25) is 0 Å². The zero-order valence-corrected chi connectivity index (χ0v) is 21.1. The molecule has 3 aliphatic heterocycles. The van der Waals surface area contributed by atoms with Crippen LogP contribution in [0.3, 0.4) is 0 Å². The van der Waals surface area contributed by atoms with Crippen molar-refractivity contribution >= 4 is 17.7 Å². The fourth-order valence-corrected chi connectivity index (χ4v) is 8.76. The van der Waals surface area contributed by atoms with E-state index in [-0.39, 0.29) is 18.3 Å². The molecule has 2 saturated carbocycles. The van der Waals surface area contributed by atoms with Crippen LogP contribution < -0.4 is 0 Å². The summed E-state index contributed by atoms with van der Waals surface area (Å²) in [6.07, 6.45) is 2.92. The molecule has 9 heteroatoms. The van der Waals surface area contributed by atoms with Gasteiger partial charge >= 0.3 is 11.9 Å². The molecule has 4 heterocycles. The number of carbonyl (C=O) groups excluding carboxylic acids is 3. The Morgan fingerprint density at radius 2 is 1.94 bits per heavy atom. The summed E-state index contributed by atoms with van der Waals surface area (Å²) in [7, 11) is 1.30. The second kappa shape index (κ2) is 7.30. The Kier molecular flexibility index (Phi) is 4.84. The van der Waals surface area contributed by atoms with E-state index in [1.54, 1.807) is 12.1 Å². The van der Waals surface area contributed by atoms with E-state index < -0.39 is 70.0 Å². The number of ether oxygens (including phenoxy) is 4. The maximum absolute atomic E-state index is 14.4. The predicted molar refractivity (Wildman–Crippen MR) is 122 cm³/mol. The van der Waals surface area contributed by atoms with E-state index in [1.165, 1.54) is 25.7 Å². The highest BCUT2D eigenvalue weighted by molar-refractivity contribution is 5.92. The number of aliphatic hydroxyl groups is 1. The smallest absolute Gasteiger partial charge is 0.336 e. The lowest BCUT2D eigenvalue weighted by atomic mass is 9.38. The van der Waals surface area contributed by atoms with E-state index in [4.69, 9.17) is 23.4 Å². The van der Waals surface area contributed by atoms with Crippen molar-refractivity contribution in [3.8, 4) is 0 Å². The van der Waals surface area contributed by atoms with Crippen LogP contribution in [0.25, 0.3) is 0 Å². The Balaban J connectivity index is 1.57. The first-order valence-corrected chi connectivity index (χ1v) is 12.4. The van der Waals surface area contributed by atoms with Gasteiger partial charge in [0.25, 0.3) is 0 Å². The lowest BCUT2D eigenvalue weighted by Crippen LogP contribution is -2.72. The van der Waals surface area contributed by atoms with Crippen LogP contribution >= 0.6 is 0 Å². The molecule has 9 nitrogen and oxygen atoms in total. The maximum Gasteiger partial charge on any atom is 0.336 e. The van der Waals surface area contributed by atoms with E-state index in [9.17, 15) is 19.5 Å². The van der Waals surface area contributed by atoms with Gasteiger partial charge in [-0.25, -0.2) is 9.59 Å². The first-order chi connectivity index (χ1) is 16.9. The summed E-state index contributed by atoms with van der Waals surface area (Å²) in [4.78, 5) is 39.9. The highest BCUT2D eigenvalue weighted by atomic mass is 16.6. The Hall–Kier alpha value is -2.49. The van der Waals surface area contributed by atoms with Crippen LogP contribution in [0.15, 0.2) is 35.2 Å². The lowest BCUT2D eigenvalue weighted by Gasteiger charge is -2.64. The van der Waals surface area contributed by atoms with Gasteiger partial charge < -0.3 is 28.5 Å². The summed E-state index contributed by atoms with van der Waals surface area (Å²) in [6.45, 7) is 7.94. The van der Waals surface area contributed by atoms with Crippen LogP contribution in [-0.2, 0) is 33.3 Å². The zero-order valence-electron chi connectivity index (χ0n) is 21.1. The number of Topliss-reactive ketones (excluding diaryl/α,β-unsaturated/α-hetero) is 1. The summed E-state index contributed by atoms with van der Waals surface area (Å²) in [6, 6.07) is 1.69. The van der Waals surface area contributed by atoms with Gasteiger partial charge in [-0.3, -0.25) is 4.79 Å². The van der Waals surface area contributed by atoms with Gasteiger partial charge in [0.05, 0.1) is 37.9 Å². The SMILES string of the molecule is COC(=O)C=CC12COC(C)(C)C1CC1OC3C(=O)OC(c4ccoc4)C4(C)C(O)C(=O)C2C1(C)C34. The predicted octanol–water partition coefficient (Wildman–Crippen LogP) is 2.38. The summed E-state index contributed by atoms with van der Waals surface area (Å²) in [5, 5.41) is 11.8. The third-order valence-electron chi connectivity index (χ3n) is 10.2. The number of esters is 2. The number of ketones is 1. The number of fused-ring (bicyclic) bond motifs is 2. The van der Waals surface area contributed by atoms with Crippen LogP contribution in [-0.4, -0.2) is 60.5 Å². The minimum Gasteiger partial charge on any atom is -0.472 e. The molecule has 0 radical (unpaired) electrons. The quantitative estimate of drug-likeness (QED) is 0.492. The molecule has 10 atom stereocenters. The summed E-state index contributed by atoms with van der Waals surface area (Å²) in [5.41, 5.74) is -2.88. The van der Waals surface area contributed by atoms with E-state index in [0.29, 0.717) is 12.0 Å².